The topological polar surface area (TPSA) is 66.8 Å². The van der Waals surface area contributed by atoms with Crippen molar-refractivity contribution in [2.24, 2.45) is 5.92 Å². The number of carbonyl (C=O) groups is 2. The van der Waals surface area contributed by atoms with Crippen LogP contribution in [0.4, 0.5) is 13.2 Å². The molecule has 0 saturated carbocycles. The maximum Gasteiger partial charge on any atom is 0.417 e. The highest BCUT2D eigenvalue weighted by Crippen LogP contribution is 2.37. The van der Waals surface area contributed by atoms with Crippen molar-refractivity contribution in [3.63, 3.8) is 0 Å². The van der Waals surface area contributed by atoms with Gasteiger partial charge in [0.05, 0.1) is 12.0 Å². The van der Waals surface area contributed by atoms with Gasteiger partial charge in [-0.1, -0.05) is 24.3 Å². The Balaban J connectivity index is 1.94. The highest BCUT2D eigenvalue weighted by Gasteiger charge is 2.33. The first-order valence-corrected chi connectivity index (χ1v) is 10.0. The summed E-state index contributed by atoms with van der Waals surface area (Å²) < 4.78 is 45.6. The molecule has 1 N–H and O–H groups in total. The van der Waals surface area contributed by atoms with E-state index >= 15 is 0 Å². The van der Waals surface area contributed by atoms with E-state index in [1.165, 1.54) is 36.4 Å². The molecule has 0 aromatic heterocycles. The summed E-state index contributed by atoms with van der Waals surface area (Å²) in [6.07, 6.45) is -3.34. The van der Waals surface area contributed by atoms with Crippen LogP contribution in [0.25, 0.3) is 11.1 Å². The fourth-order valence-corrected chi connectivity index (χ4v) is 3.87. The van der Waals surface area contributed by atoms with E-state index in [9.17, 15) is 27.9 Å². The molecule has 0 atom stereocenters. The van der Waals surface area contributed by atoms with Crippen molar-refractivity contribution in [1.29, 1.82) is 0 Å². The van der Waals surface area contributed by atoms with Gasteiger partial charge in [0.1, 0.15) is 0 Å². The van der Waals surface area contributed by atoms with Crippen LogP contribution in [-0.4, -0.2) is 48.7 Å². The van der Waals surface area contributed by atoms with Gasteiger partial charge in [-0.05, 0) is 53.6 Å². The summed E-state index contributed by atoms with van der Waals surface area (Å²) in [7, 11) is 1.65. The third kappa shape index (κ3) is 5.64. The van der Waals surface area contributed by atoms with Crippen LogP contribution in [0.2, 0.25) is 0 Å². The Morgan fingerprint density at radius 1 is 1.13 bits per heavy atom. The third-order valence-corrected chi connectivity index (χ3v) is 5.44. The summed E-state index contributed by atoms with van der Waals surface area (Å²) in [5.74, 6) is -1.22. The molecule has 0 bridgehead atoms. The predicted molar refractivity (Wildman–Crippen MR) is 109 cm³/mol. The molecule has 1 aliphatic heterocycles. The summed E-state index contributed by atoms with van der Waals surface area (Å²) in [4.78, 5) is 25.9. The van der Waals surface area contributed by atoms with Crippen LogP contribution in [0.3, 0.4) is 0 Å². The second-order valence-electron chi connectivity index (χ2n) is 7.73. The number of carbonyl (C=O) groups excluding carboxylic acids is 1. The molecule has 1 saturated heterocycles. The number of ether oxygens (including phenoxy) is 1. The SMILES string of the molecule is CN(CC1CCOCC1)C(=O)c1ccc(-c2ccccc2C(F)(F)F)cc1CC(=O)O. The van der Waals surface area contributed by atoms with E-state index in [-0.39, 0.29) is 28.2 Å². The first-order valence-electron chi connectivity index (χ1n) is 10.0. The zero-order valence-electron chi connectivity index (χ0n) is 17.1. The van der Waals surface area contributed by atoms with Crippen LogP contribution in [0.5, 0.6) is 0 Å². The number of aliphatic carboxylic acids is 1. The van der Waals surface area contributed by atoms with E-state index in [2.05, 4.69) is 0 Å². The monoisotopic (exact) mass is 435 g/mol. The highest BCUT2D eigenvalue weighted by molar-refractivity contribution is 5.97. The molecule has 166 valence electrons. The molecule has 2 aromatic rings. The van der Waals surface area contributed by atoms with Gasteiger partial charge in [-0.15, -0.1) is 0 Å². The van der Waals surface area contributed by atoms with Gasteiger partial charge in [0.15, 0.2) is 0 Å². The Labute approximate surface area is 178 Å². The van der Waals surface area contributed by atoms with Gasteiger partial charge in [-0.3, -0.25) is 9.59 Å². The maximum absolute atomic E-state index is 13.4. The maximum atomic E-state index is 13.4. The molecule has 1 fully saturated rings. The first-order chi connectivity index (χ1) is 14.7. The lowest BCUT2D eigenvalue weighted by Gasteiger charge is -2.27. The Kier molecular flexibility index (Phi) is 7.00. The van der Waals surface area contributed by atoms with Gasteiger partial charge in [-0.25, -0.2) is 0 Å². The lowest BCUT2D eigenvalue weighted by atomic mass is 9.93. The molecule has 8 heteroatoms. The number of alkyl halides is 3. The summed E-state index contributed by atoms with van der Waals surface area (Å²) in [6.45, 7) is 1.79. The minimum atomic E-state index is -4.55. The van der Waals surface area contributed by atoms with Crippen molar-refractivity contribution < 1.29 is 32.6 Å². The lowest BCUT2D eigenvalue weighted by molar-refractivity contribution is -0.137. The van der Waals surface area contributed by atoms with E-state index < -0.39 is 24.1 Å². The molecular weight excluding hydrogens is 411 g/mol. The van der Waals surface area contributed by atoms with E-state index in [1.807, 2.05) is 0 Å². The molecule has 2 aromatic carbocycles. The van der Waals surface area contributed by atoms with Crippen LogP contribution in [-0.2, 0) is 22.1 Å². The molecule has 1 aliphatic rings. The van der Waals surface area contributed by atoms with Crippen molar-refractivity contribution in [2.75, 3.05) is 26.8 Å². The van der Waals surface area contributed by atoms with E-state index in [1.54, 1.807) is 11.9 Å². The quantitative estimate of drug-likeness (QED) is 0.726. The third-order valence-electron chi connectivity index (χ3n) is 5.44. The van der Waals surface area contributed by atoms with Gasteiger partial charge in [0, 0.05) is 32.4 Å². The number of amides is 1. The molecule has 0 radical (unpaired) electrons. The largest absolute Gasteiger partial charge is 0.481 e. The average molecular weight is 435 g/mol. The number of benzene rings is 2. The fourth-order valence-electron chi connectivity index (χ4n) is 3.87. The standard InChI is InChI=1S/C23H24F3NO4/c1-27(14-15-8-10-31-11-9-15)22(30)19-7-6-16(12-17(19)13-21(28)29)18-4-2-3-5-20(18)23(24,25)26/h2-7,12,15H,8-11,13-14H2,1H3,(H,28,29). The first kappa shape index (κ1) is 22.8. The second kappa shape index (κ2) is 9.51. The average Bonchev–Trinajstić information content (AvgIpc) is 2.73. The molecule has 0 unspecified atom stereocenters. The van der Waals surface area contributed by atoms with Crippen molar-refractivity contribution in [2.45, 2.75) is 25.4 Å². The number of rotatable bonds is 6. The minimum absolute atomic E-state index is 0.0591. The van der Waals surface area contributed by atoms with Crippen LogP contribution in [0.15, 0.2) is 42.5 Å². The molecule has 0 aliphatic carbocycles. The van der Waals surface area contributed by atoms with Crippen LogP contribution < -0.4 is 0 Å². The lowest BCUT2D eigenvalue weighted by Crippen LogP contribution is -2.34. The number of carboxylic acids is 1. The van der Waals surface area contributed by atoms with E-state index in [4.69, 9.17) is 4.74 Å². The van der Waals surface area contributed by atoms with E-state index in [0.717, 1.165) is 18.9 Å². The molecule has 1 amide bonds. The van der Waals surface area contributed by atoms with Gasteiger partial charge in [0.25, 0.3) is 5.91 Å². The molecule has 3 rings (SSSR count). The van der Waals surface area contributed by atoms with Crippen molar-refractivity contribution >= 4 is 11.9 Å². The zero-order valence-corrected chi connectivity index (χ0v) is 17.1. The Bertz CT molecular complexity index is 952. The molecule has 1 heterocycles. The van der Waals surface area contributed by atoms with Gasteiger partial charge < -0.3 is 14.7 Å². The Morgan fingerprint density at radius 2 is 1.81 bits per heavy atom. The summed E-state index contributed by atoms with van der Waals surface area (Å²) >= 11 is 0. The van der Waals surface area contributed by atoms with Crippen LogP contribution in [0, 0.1) is 5.92 Å². The minimum Gasteiger partial charge on any atom is -0.481 e. The number of halogens is 3. The molecule has 31 heavy (non-hydrogen) atoms. The number of nitrogens with zero attached hydrogens (tertiary/aromatic N) is 1. The van der Waals surface area contributed by atoms with Gasteiger partial charge in [0.2, 0.25) is 0 Å². The fraction of sp³-hybridized carbons (Fsp3) is 0.391. The van der Waals surface area contributed by atoms with Crippen molar-refractivity contribution in [1.82, 2.24) is 4.90 Å². The van der Waals surface area contributed by atoms with Crippen LogP contribution >= 0.6 is 0 Å². The van der Waals surface area contributed by atoms with Crippen molar-refractivity contribution in [3.8, 4) is 11.1 Å². The molecular formula is C23H24F3NO4. The number of carboxylic acid groups (broad SMARTS) is 1. The molecule has 0 spiro atoms. The Morgan fingerprint density at radius 3 is 2.45 bits per heavy atom. The normalized spacial score (nSPS) is 15.0. The summed E-state index contributed by atoms with van der Waals surface area (Å²) in [5, 5.41) is 9.30. The second-order valence-corrected chi connectivity index (χ2v) is 7.73. The van der Waals surface area contributed by atoms with Crippen LogP contribution in [0.1, 0.15) is 34.3 Å². The summed E-state index contributed by atoms with van der Waals surface area (Å²) in [5.41, 5.74) is -0.285. The summed E-state index contributed by atoms with van der Waals surface area (Å²) in [6, 6.07) is 9.33. The Hall–Kier alpha value is -2.87. The highest BCUT2D eigenvalue weighted by atomic mass is 19.4. The number of hydrogen-bond donors (Lipinski definition) is 1. The zero-order chi connectivity index (χ0) is 22.6. The predicted octanol–water partition coefficient (Wildman–Crippen LogP) is 4.50. The van der Waals surface area contributed by atoms with Crippen molar-refractivity contribution in [3.05, 3.63) is 59.2 Å². The van der Waals surface area contributed by atoms with Gasteiger partial charge in [-0.2, -0.15) is 13.2 Å². The van der Waals surface area contributed by atoms with E-state index in [0.29, 0.717) is 25.7 Å². The van der Waals surface area contributed by atoms with Gasteiger partial charge >= 0.3 is 12.1 Å². The molecule has 5 nitrogen and oxygen atoms in total. The smallest absolute Gasteiger partial charge is 0.417 e. The number of hydrogen-bond acceptors (Lipinski definition) is 3.